The number of carboxylic acid groups (broad SMARTS) is 1. The number of alkyl carbamates (subject to hydrolysis) is 1. The van der Waals surface area contributed by atoms with Gasteiger partial charge in [-0.1, -0.05) is 55.0 Å². The number of aliphatic carboxylic acids is 1. The molecule has 7 atom stereocenters. The summed E-state index contributed by atoms with van der Waals surface area (Å²) in [5, 5.41) is 15.1. The minimum absolute atomic E-state index is 0.0947. The van der Waals surface area contributed by atoms with Gasteiger partial charge in [-0.05, 0) is 88.2 Å². The van der Waals surface area contributed by atoms with Crippen molar-refractivity contribution in [3.8, 4) is 23.5 Å². The average molecular weight is 858 g/mol. The van der Waals surface area contributed by atoms with Crippen LogP contribution in [0.15, 0.2) is 49.1 Å². The summed E-state index contributed by atoms with van der Waals surface area (Å²) in [4.78, 5) is 75.1. The van der Waals surface area contributed by atoms with E-state index >= 15 is 0 Å². The summed E-state index contributed by atoms with van der Waals surface area (Å²) in [6, 6.07) is 4.78. The van der Waals surface area contributed by atoms with Crippen molar-refractivity contribution in [1.29, 1.82) is 0 Å². The fourth-order valence-corrected chi connectivity index (χ4v) is 10.8. The topological polar surface area (TPSA) is 220 Å². The van der Waals surface area contributed by atoms with Crippen LogP contribution in [0.5, 0.6) is 11.6 Å². The Morgan fingerprint density at radius 3 is 2.52 bits per heavy atom. The lowest BCUT2D eigenvalue weighted by Crippen LogP contribution is -2.67. The molecule has 4 amide bonds. The van der Waals surface area contributed by atoms with E-state index in [4.69, 9.17) is 19.2 Å². The second kappa shape index (κ2) is 17.4. The van der Waals surface area contributed by atoms with E-state index in [1.807, 2.05) is 12.2 Å². The number of nitrogens with zero attached hydrogens (tertiary/aromatic N) is 2. The van der Waals surface area contributed by atoms with Crippen LogP contribution in [0.25, 0.3) is 10.9 Å². The second-order valence-corrected chi connectivity index (χ2v) is 18.9. The summed E-state index contributed by atoms with van der Waals surface area (Å²) in [5.41, 5.74) is -1.04. The van der Waals surface area contributed by atoms with Gasteiger partial charge in [0.15, 0.2) is 12.1 Å². The largest absolute Gasteiger partial charge is 0.481 e. The van der Waals surface area contributed by atoms with Crippen molar-refractivity contribution in [2.24, 2.45) is 17.8 Å². The number of carboxylic acids is 1. The minimum Gasteiger partial charge on any atom is -0.481 e. The average Bonchev–Trinajstić information content (AvgIpc) is 3.55. The quantitative estimate of drug-likeness (QED) is 0.199. The molecule has 16 nitrogen and oxygen atoms in total. The number of rotatable bonds is 10. The number of fused-ring (bicyclic) bond motifs is 5. The molecule has 1 aromatic carbocycles. The SMILES string of the molecule is C=C[C@@H]1C#C[C@]1(NC(=O)[C@@H]1C[C@@H]2CN1C(=O)[C@H](C1CCCC1)NC(=O)O[C@@H]1CCC[C@H]1CC/C=C/Cc1c(nc3ccccc3c1OCC(=O)O)O2)C(=O)NS(=O)(=O)C1CC1. The molecule has 3 saturated carbocycles. The van der Waals surface area contributed by atoms with E-state index in [0.29, 0.717) is 55.0 Å². The number of allylic oxidation sites excluding steroid dienone is 2. The number of amides is 4. The first-order valence-corrected chi connectivity index (χ1v) is 22.8. The van der Waals surface area contributed by atoms with Gasteiger partial charge >= 0.3 is 12.1 Å². The summed E-state index contributed by atoms with van der Waals surface area (Å²) in [7, 11) is -4.02. The minimum atomic E-state index is -4.02. The molecule has 61 heavy (non-hydrogen) atoms. The molecule has 2 aromatic rings. The first kappa shape index (κ1) is 42.1. The standard InChI is InChI=1S/C44H51N5O11S/c1-2-28-21-22-44(28,42(54)48-61(56,57)30-19-20-30)47-39(52)34-23-29-24-49(34)41(53)37(27-12-6-7-13-27)46-43(55)60-35-18-10-14-26(35)11-4-3-5-16-32-38(58-25-36(50)51)31-15-8-9-17-33(31)45-40(32)59-29/h2-3,5,8-9,15,17,26-30,34-35,37H,1,4,6-7,10-14,16,18-20,23-25H2,(H,46,55)(H,47,52)(H,48,54)(H,50,51)/b5-3+/t26-,28-,29-,34+,35-,37+,44-/m1/s1. The molecule has 6 aliphatic rings. The van der Waals surface area contributed by atoms with Crippen molar-refractivity contribution < 1.29 is 51.7 Å². The van der Waals surface area contributed by atoms with Crippen LogP contribution >= 0.6 is 0 Å². The van der Waals surface area contributed by atoms with Crippen molar-refractivity contribution in [2.45, 2.75) is 119 Å². The van der Waals surface area contributed by atoms with Gasteiger partial charge in [0, 0.05) is 11.8 Å². The molecule has 324 valence electrons. The van der Waals surface area contributed by atoms with Gasteiger partial charge in [0.05, 0.1) is 28.8 Å². The number of ether oxygens (including phenoxy) is 3. The van der Waals surface area contributed by atoms with Gasteiger partial charge in [-0.25, -0.2) is 27.7 Å². The summed E-state index contributed by atoms with van der Waals surface area (Å²) >= 11 is 0. The van der Waals surface area contributed by atoms with Gasteiger partial charge in [-0.3, -0.25) is 14.4 Å². The third-order valence-corrected chi connectivity index (χ3v) is 14.6. The van der Waals surface area contributed by atoms with Gasteiger partial charge in [-0.15, -0.1) is 6.58 Å². The van der Waals surface area contributed by atoms with Crippen LogP contribution in [-0.4, -0.2) is 101 Å². The molecule has 4 N–H and O–H groups in total. The Morgan fingerprint density at radius 1 is 1.03 bits per heavy atom. The summed E-state index contributed by atoms with van der Waals surface area (Å²) in [6.07, 6.45) is 11.3. The molecule has 8 rings (SSSR count). The highest BCUT2D eigenvalue weighted by atomic mass is 32.2. The number of hydrogen-bond donors (Lipinski definition) is 4. The first-order chi connectivity index (χ1) is 29.4. The fraction of sp³-hybridized carbons (Fsp3) is 0.545. The van der Waals surface area contributed by atoms with E-state index in [1.54, 1.807) is 24.3 Å². The second-order valence-electron chi connectivity index (χ2n) is 16.9. The number of para-hydroxylation sites is 1. The maximum Gasteiger partial charge on any atom is 0.408 e. The van der Waals surface area contributed by atoms with Gasteiger partial charge in [-0.2, -0.15) is 0 Å². The number of aromatic nitrogens is 1. The summed E-state index contributed by atoms with van der Waals surface area (Å²) in [5.74, 6) is 1.29. The Hall–Kier alpha value is -5.63. The lowest BCUT2D eigenvalue weighted by Gasteiger charge is -2.38. The van der Waals surface area contributed by atoms with E-state index in [2.05, 4.69) is 33.8 Å². The van der Waals surface area contributed by atoms with Crippen molar-refractivity contribution in [2.75, 3.05) is 13.2 Å². The Bertz CT molecular complexity index is 2310. The zero-order chi connectivity index (χ0) is 42.9. The van der Waals surface area contributed by atoms with E-state index in [0.717, 1.165) is 32.1 Å². The third-order valence-electron chi connectivity index (χ3n) is 12.8. The van der Waals surface area contributed by atoms with E-state index < -0.39 is 81.3 Å². The lowest BCUT2D eigenvalue weighted by molar-refractivity contribution is -0.142. The highest BCUT2D eigenvalue weighted by Gasteiger charge is 2.54. The molecule has 1 aromatic heterocycles. The zero-order valence-corrected chi connectivity index (χ0v) is 34.6. The van der Waals surface area contributed by atoms with Crippen molar-refractivity contribution in [1.82, 2.24) is 25.2 Å². The normalized spacial score (nSPS) is 29.7. The molecule has 0 spiro atoms. The molecular formula is C44H51N5O11S. The predicted octanol–water partition coefficient (Wildman–Crippen LogP) is 3.68. The number of sulfonamides is 1. The zero-order valence-electron chi connectivity index (χ0n) is 33.8. The number of pyridine rings is 1. The van der Waals surface area contributed by atoms with Crippen LogP contribution in [0.4, 0.5) is 4.79 Å². The van der Waals surface area contributed by atoms with Crippen LogP contribution in [0.2, 0.25) is 0 Å². The van der Waals surface area contributed by atoms with Gasteiger partial charge < -0.3 is 34.9 Å². The van der Waals surface area contributed by atoms with E-state index in [-0.39, 0.29) is 49.0 Å². The number of carbonyl (C=O) groups is 5. The monoisotopic (exact) mass is 857 g/mol. The van der Waals surface area contributed by atoms with Crippen LogP contribution < -0.4 is 24.8 Å². The predicted molar refractivity (Wildman–Crippen MR) is 220 cm³/mol. The fourth-order valence-electron chi connectivity index (χ4n) is 9.42. The third kappa shape index (κ3) is 8.77. The molecule has 2 aliphatic heterocycles. The molecule has 0 radical (unpaired) electrons. The van der Waals surface area contributed by atoms with Crippen LogP contribution in [0.3, 0.4) is 0 Å². The van der Waals surface area contributed by atoms with Gasteiger partial charge in [0.25, 0.3) is 5.91 Å². The Morgan fingerprint density at radius 2 is 1.80 bits per heavy atom. The van der Waals surface area contributed by atoms with Gasteiger partial charge in [0.2, 0.25) is 27.7 Å². The van der Waals surface area contributed by atoms with E-state index in [1.165, 1.54) is 11.0 Å². The molecule has 3 heterocycles. The molecular weight excluding hydrogens is 807 g/mol. The molecule has 0 unspecified atom stereocenters. The maximum absolute atomic E-state index is 15.0. The number of carbonyl (C=O) groups excluding carboxylic acids is 4. The smallest absolute Gasteiger partial charge is 0.408 e. The molecule has 17 heteroatoms. The Labute approximate surface area is 354 Å². The van der Waals surface area contributed by atoms with Crippen LogP contribution in [-0.2, 0) is 40.4 Å². The van der Waals surface area contributed by atoms with Crippen molar-refractivity contribution in [3.05, 3.63) is 54.6 Å². The maximum atomic E-state index is 15.0. The molecule has 4 fully saturated rings. The van der Waals surface area contributed by atoms with Crippen molar-refractivity contribution in [3.63, 3.8) is 0 Å². The summed E-state index contributed by atoms with van der Waals surface area (Å²) in [6.45, 7) is 3.00. The molecule has 2 bridgehead atoms. The highest BCUT2D eigenvalue weighted by Crippen LogP contribution is 2.39. The number of benzene rings is 1. The van der Waals surface area contributed by atoms with E-state index in [9.17, 15) is 37.5 Å². The Kier molecular flexibility index (Phi) is 12.0. The lowest BCUT2D eigenvalue weighted by atomic mass is 9.76. The van der Waals surface area contributed by atoms with Crippen LogP contribution in [0.1, 0.15) is 82.6 Å². The summed E-state index contributed by atoms with van der Waals surface area (Å²) < 4.78 is 46.5. The van der Waals surface area contributed by atoms with Crippen molar-refractivity contribution >= 4 is 50.7 Å². The first-order valence-electron chi connectivity index (χ1n) is 21.3. The highest BCUT2D eigenvalue weighted by molar-refractivity contribution is 7.91. The number of hydrogen-bond acceptors (Lipinski definition) is 11. The van der Waals surface area contributed by atoms with Gasteiger partial charge in [0.1, 0.15) is 30.0 Å². The number of nitrogens with one attached hydrogen (secondary N) is 3. The van der Waals surface area contributed by atoms with Crippen LogP contribution in [0, 0.1) is 29.6 Å². The Balaban J connectivity index is 1.18. The molecule has 4 aliphatic carbocycles. The molecule has 1 saturated heterocycles.